The van der Waals surface area contributed by atoms with Crippen molar-refractivity contribution >= 4 is 51.1 Å². The number of hydrogen-bond donors (Lipinski definition) is 4. The molecule has 7 N–H and O–H groups in total. The van der Waals surface area contributed by atoms with Crippen LogP contribution in [0.15, 0.2) is 97.8 Å². The van der Waals surface area contributed by atoms with E-state index >= 15 is 0 Å². The molecule has 2 aromatic carbocycles. The summed E-state index contributed by atoms with van der Waals surface area (Å²) in [5, 5.41) is 21.0. The monoisotopic (exact) mass is 842 g/mol. The average molecular weight is 843 g/mol. The summed E-state index contributed by atoms with van der Waals surface area (Å²) in [6, 6.07) is 20.2. The van der Waals surface area contributed by atoms with Gasteiger partial charge in [-0.15, -0.1) is 0 Å². The maximum absolute atomic E-state index is 13.9. The minimum atomic E-state index is -0.708. The zero-order valence-electron chi connectivity index (χ0n) is 32.0. The molecule has 61 heavy (non-hydrogen) atoms. The number of benzene rings is 2. The highest BCUT2D eigenvalue weighted by Crippen LogP contribution is 2.33. The number of hydrogen-bond acceptors (Lipinski definition) is 14. The Morgan fingerprint density at radius 1 is 0.607 bits per heavy atom. The van der Waals surface area contributed by atoms with Gasteiger partial charge in [0.1, 0.15) is 76.6 Å². The van der Waals surface area contributed by atoms with Crippen molar-refractivity contribution in [2.24, 2.45) is 5.73 Å². The fraction of sp³-hybridized carbons (Fsp3) is 0.0952. The van der Waals surface area contributed by atoms with Crippen molar-refractivity contribution in [3.63, 3.8) is 0 Å². The van der Waals surface area contributed by atoms with Crippen LogP contribution in [0.1, 0.15) is 48.2 Å². The summed E-state index contributed by atoms with van der Waals surface area (Å²) in [5.41, 5.74) is 22.6. The number of anilines is 3. The van der Waals surface area contributed by atoms with Gasteiger partial charge in [-0.05, 0) is 80.1 Å². The van der Waals surface area contributed by atoms with E-state index in [1.54, 1.807) is 55.7 Å². The number of halogens is 5. The molecule has 14 nitrogen and oxygen atoms in total. The zero-order chi connectivity index (χ0) is 43.8. The Bertz CT molecular complexity index is 2930. The third-order valence-corrected chi connectivity index (χ3v) is 9.03. The second-order valence-electron chi connectivity index (χ2n) is 13.0. The van der Waals surface area contributed by atoms with E-state index < -0.39 is 29.3 Å². The van der Waals surface area contributed by atoms with E-state index in [0.29, 0.717) is 50.1 Å². The summed E-state index contributed by atoms with van der Waals surface area (Å²) in [4.78, 5) is 32.6. The number of nitrogens with two attached hydrogens (primary N) is 3. The van der Waals surface area contributed by atoms with Gasteiger partial charge >= 0.3 is 0 Å². The van der Waals surface area contributed by atoms with Crippen molar-refractivity contribution in [2.45, 2.75) is 25.9 Å². The molecule has 0 radical (unpaired) electrons. The molecule has 2 atom stereocenters. The van der Waals surface area contributed by atoms with Crippen molar-refractivity contribution in [1.82, 2.24) is 39.9 Å². The third kappa shape index (κ3) is 10.0. The van der Waals surface area contributed by atoms with E-state index in [9.17, 15) is 22.8 Å². The predicted molar refractivity (Wildman–Crippen MR) is 222 cm³/mol. The lowest BCUT2D eigenvalue weighted by atomic mass is 9.99. The standard InChI is InChI=1S/C21H15F2N7.C16H13F2N3.C5H3ClN4/c1-11(29-21-16(9-24)20(25)27-10-28-21)15-8-18-17(3-2-4-26-18)30-19(15)12-5-13(22)7-14(23)6-12;1-9(19)13-8-15-14(3-2-4-20-15)21-16(13)10-5-11(17)7-12(18)6-10;6-4-3(1-7)5(8)10-2-9-4/h2-8,10-11H,1H3,(H3,25,27,28,29);2-9H,19H2,1H3;2H,(H2,8,9,10). The summed E-state index contributed by atoms with van der Waals surface area (Å²) in [6.07, 6.45) is 5.75. The van der Waals surface area contributed by atoms with Gasteiger partial charge in [0.25, 0.3) is 0 Å². The lowest BCUT2D eigenvalue weighted by molar-refractivity contribution is 0.583. The van der Waals surface area contributed by atoms with Crippen LogP contribution in [0.2, 0.25) is 5.15 Å². The van der Waals surface area contributed by atoms with Gasteiger partial charge in [0, 0.05) is 47.3 Å². The Labute approximate surface area is 349 Å². The number of nitrogen functional groups attached to an aromatic ring is 2. The Morgan fingerprint density at radius 3 is 1.52 bits per heavy atom. The van der Waals surface area contributed by atoms with Crippen LogP contribution >= 0.6 is 11.6 Å². The largest absolute Gasteiger partial charge is 0.382 e. The molecule has 304 valence electrons. The molecule has 0 aliphatic rings. The lowest BCUT2D eigenvalue weighted by Gasteiger charge is -2.19. The van der Waals surface area contributed by atoms with Crippen molar-refractivity contribution in [3.8, 4) is 34.7 Å². The van der Waals surface area contributed by atoms with Crippen molar-refractivity contribution in [2.75, 3.05) is 16.8 Å². The number of fused-ring (bicyclic) bond motifs is 2. The van der Waals surface area contributed by atoms with E-state index in [4.69, 9.17) is 34.1 Å². The zero-order valence-corrected chi connectivity index (χ0v) is 32.7. The van der Waals surface area contributed by atoms with Gasteiger partial charge in [-0.25, -0.2) is 47.5 Å². The maximum atomic E-state index is 13.9. The molecule has 2 unspecified atom stereocenters. The highest BCUT2D eigenvalue weighted by atomic mass is 35.5. The van der Waals surface area contributed by atoms with Crippen LogP contribution in [0.5, 0.6) is 0 Å². The summed E-state index contributed by atoms with van der Waals surface area (Å²) in [6.45, 7) is 3.61. The smallest absolute Gasteiger partial charge is 0.152 e. The minimum absolute atomic E-state index is 0.0490. The van der Waals surface area contributed by atoms with Gasteiger partial charge in [-0.3, -0.25) is 9.97 Å². The van der Waals surface area contributed by atoms with Crippen molar-refractivity contribution in [1.29, 1.82) is 10.5 Å². The van der Waals surface area contributed by atoms with E-state index in [2.05, 4.69) is 45.2 Å². The molecule has 0 aliphatic heterocycles. The van der Waals surface area contributed by atoms with Crippen LogP contribution in [0.25, 0.3) is 44.6 Å². The number of pyridine rings is 4. The second-order valence-corrected chi connectivity index (χ2v) is 13.4. The van der Waals surface area contributed by atoms with E-state index in [1.165, 1.54) is 36.9 Å². The predicted octanol–water partition coefficient (Wildman–Crippen LogP) is 8.17. The lowest BCUT2D eigenvalue weighted by Crippen LogP contribution is -2.13. The van der Waals surface area contributed by atoms with Gasteiger partial charge in [0.2, 0.25) is 0 Å². The van der Waals surface area contributed by atoms with Crippen LogP contribution in [-0.4, -0.2) is 39.9 Å². The van der Waals surface area contributed by atoms with Crippen LogP contribution in [-0.2, 0) is 0 Å². The Kier molecular flexibility index (Phi) is 13.1. The number of nitriles is 2. The number of aromatic nitrogens is 8. The summed E-state index contributed by atoms with van der Waals surface area (Å²) in [7, 11) is 0. The number of nitrogens with zero attached hydrogens (tertiary/aromatic N) is 10. The van der Waals surface area contributed by atoms with E-state index in [-0.39, 0.29) is 45.3 Å². The molecule has 0 amide bonds. The maximum Gasteiger partial charge on any atom is 0.152 e. The molecular formula is C42H31ClF4N14. The first-order chi connectivity index (χ1) is 29.3. The Balaban J connectivity index is 0.000000173. The average Bonchev–Trinajstić information content (AvgIpc) is 3.22. The normalized spacial score (nSPS) is 11.6. The molecule has 6 aromatic heterocycles. The van der Waals surface area contributed by atoms with Gasteiger partial charge in [-0.2, -0.15) is 10.5 Å². The summed E-state index contributed by atoms with van der Waals surface area (Å²) < 4.78 is 54.7. The topological polar surface area (TPSA) is 241 Å². The Hall–Kier alpha value is -7.93. The minimum Gasteiger partial charge on any atom is -0.382 e. The van der Waals surface area contributed by atoms with Gasteiger partial charge < -0.3 is 22.5 Å². The number of nitrogens with one attached hydrogen (secondary N) is 1. The number of rotatable bonds is 6. The van der Waals surface area contributed by atoms with E-state index in [0.717, 1.165) is 12.1 Å². The quantitative estimate of drug-likeness (QED) is 0.0912. The van der Waals surface area contributed by atoms with Gasteiger partial charge in [-0.1, -0.05) is 11.6 Å². The molecule has 0 aliphatic carbocycles. The van der Waals surface area contributed by atoms with Crippen LogP contribution in [0.3, 0.4) is 0 Å². The summed E-state index contributed by atoms with van der Waals surface area (Å²) in [5.74, 6) is -2.30. The first-order valence-electron chi connectivity index (χ1n) is 17.9. The molecule has 6 heterocycles. The molecule has 19 heteroatoms. The summed E-state index contributed by atoms with van der Waals surface area (Å²) >= 11 is 5.48. The molecular weight excluding hydrogens is 812 g/mol. The molecule has 8 aromatic rings. The van der Waals surface area contributed by atoms with Crippen molar-refractivity contribution < 1.29 is 17.6 Å². The Morgan fingerprint density at radius 2 is 1.07 bits per heavy atom. The fourth-order valence-electron chi connectivity index (χ4n) is 5.93. The third-order valence-electron chi connectivity index (χ3n) is 8.74. The fourth-order valence-corrected chi connectivity index (χ4v) is 6.12. The molecule has 0 saturated heterocycles. The highest BCUT2D eigenvalue weighted by Gasteiger charge is 2.20. The first kappa shape index (κ1) is 42.7. The molecule has 0 bridgehead atoms. The van der Waals surface area contributed by atoms with Gasteiger partial charge in [0.05, 0.1) is 39.5 Å². The van der Waals surface area contributed by atoms with Gasteiger partial charge in [0.15, 0.2) is 5.15 Å². The van der Waals surface area contributed by atoms with Crippen LogP contribution in [0, 0.1) is 45.9 Å². The second kappa shape index (κ2) is 18.8. The van der Waals surface area contributed by atoms with E-state index in [1.807, 2.05) is 19.1 Å². The molecule has 0 saturated carbocycles. The highest BCUT2D eigenvalue weighted by molar-refractivity contribution is 6.30. The van der Waals surface area contributed by atoms with Crippen LogP contribution in [0.4, 0.5) is 35.0 Å². The molecule has 0 spiro atoms. The SMILES string of the molecule is CC(N)c1cc2ncccc2nc1-c1cc(F)cc(F)c1.CC(Nc1ncnc(N)c1C#N)c1cc2ncccc2nc1-c1cc(F)cc(F)c1.N#Cc1c(N)ncnc1Cl. The first-order valence-corrected chi connectivity index (χ1v) is 18.3. The molecule has 8 rings (SSSR count). The van der Waals surface area contributed by atoms with Crippen molar-refractivity contribution in [3.05, 3.63) is 149 Å². The molecule has 0 fully saturated rings. The van der Waals surface area contributed by atoms with Crippen LogP contribution < -0.4 is 22.5 Å².